The van der Waals surface area contributed by atoms with Gasteiger partial charge < -0.3 is 4.74 Å². The molecule has 0 saturated heterocycles. The lowest BCUT2D eigenvalue weighted by Gasteiger charge is -2.14. The molecular formula is C7H4Cl4O. The standard InChI is InChI=1S/C7H4Cl4O/c8-5-3-1-2-4-6(5)12-7(9,10)11/h1-4H. The summed E-state index contributed by atoms with van der Waals surface area (Å²) >= 11 is 21.9. The lowest BCUT2D eigenvalue weighted by molar-refractivity contribution is 0.320. The van der Waals surface area contributed by atoms with Crippen LogP contribution in [0.4, 0.5) is 0 Å². The van der Waals surface area contributed by atoms with E-state index in [4.69, 9.17) is 51.1 Å². The van der Waals surface area contributed by atoms with Crippen molar-refractivity contribution in [3.05, 3.63) is 29.3 Å². The molecule has 0 radical (unpaired) electrons. The third kappa shape index (κ3) is 3.28. The van der Waals surface area contributed by atoms with Crippen molar-refractivity contribution in [3.63, 3.8) is 0 Å². The van der Waals surface area contributed by atoms with Gasteiger partial charge in [-0.3, -0.25) is 0 Å². The van der Waals surface area contributed by atoms with Crippen molar-refractivity contribution < 1.29 is 4.74 Å². The molecule has 0 atom stereocenters. The van der Waals surface area contributed by atoms with Gasteiger partial charge in [-0.2, -0.15) is 0 Å². The second-order valence-corrected chi connectivity index (χ2v) is 4.56. The van der Waals surface area contributed by atoms with Crippen molar-refractivity contribution >= 4 is 46.4 Å². The Balaban J connectivity index is 2.83. The van der Waals surface area contributed by atoms with E-state index in [2.05, 4.69) is 0 Å². The molecule has 0 spiro atoms. The van der Waals surface area contributed by atoms with E-state index in [1.54, 1.807) is 24.3 Å². The van der Waals surface area contributed by atoms with Crippen LogP contribution in [0.2, 0.25) is 5.02 Å². The van der Waals surface area contributed by atoms with Gasteiger partial charge in [-0.25, -0.2) is 0 Å². The van der Waals surface area contributed by atoms with E-state index in [-0.39, 0.29) is 0 Å². The van der Waals surface area contributed by atoms with Gasteiger partial charge in [0.25, 0.3) is 0 Å². The van der Waals surface area contributed by atoms with Gasteiger partial charge in [0.05, 0.1) is 5.02 Å². The molecule has 12 heavy (non-hydrogen) atoms. The third-order valence-corrected chi connectivity index (χ3v) is 1.61. The van der Waals surface area contributed by atoms with E-state index in [1.807, 2.05) is 0 Å². The van der Waals surface area contributed by atoms with E-state index in [1.165, 1.54) is 0 Å². The fraction of sp³-hybridized carbons (Fsp3) is 0.143. The Morgan fingerprint density at radius 1 is 1.08 bits per heavy atom. The fourth-order valence-electron chi connectivity index (χ4n) is 0.652. The number of para-hydroxylation sites is 1. The van der Waals surface area contributed by atoms with Gasteiger partial charge in [0, 0.05) is 0 Å². The van der Waals surface area contributed by atoms with Gasteiger partial charge in [0.1, 0.15) is 5.75 Å². The summed E-state index contributed by atoms with van der Waals surface area (Å²) in [5.41, 5.74) is 0. The predicted octanol–water partition coefficient (Wildman–Crippen LogP) is 4.05. The predicted molar refractivity (Wildman–Crippen MR) is 52.4 cm³/mol. The first-order valence-electron chi connectivity index (χ1n) is 2.99. The average molecular weight is 246 g/mol. The van der Waals surface area contributed by atoms with Gasteiger partial charge in [0.15, 0.2) is 0 Å². The number of alkyl halides is 3. The number of rotatable bonds is 1. The zero-order valence-electron chi connectivity index (χ0n) is 5.73. The first-order valence-corrected chi connectivity index (χ1v) is 4.50. The van der Waals surface area contributed by atoms with Gasteiger partial charge in [-0.15, -0.1) is 0 Å². The van der Waals surface area contributed by atoms with Crippen LogP contribution in [0.3, 0.4) is 0 Å². The summed E-state index contributed by atoms with van der Waals surface area (Å²) in [5.74, 6) is 0.346. The van der Waals surface area contributed by atoms with Crippen molar-refractivity contribution in [3.8, 4) is 5.75 Å². The van der Waals surface area contributed by atoms with Crippen molar-refractivity contribution in [2.24, 2.45) is 0 Å². The smallest absolute Gasteiger partial charge is 0.338 e. The molecule has 0 unspecified atom stereocenters. The molecule has 0 amide bonds. The average Bonchev–Trinajstić information content (AvgIpc) is 1.91. The van der Waals surface area contributed by atoms with Crippen molar-refractivity contribution in [2.45, 2.75) is 3.98 Å². The quantitative estimate of drug-likeness (QED) is 0.679. The summed E-state index contributed by atoms with van der Waals surface area (Å²) in [5, 5.41) is 0.406. The zero-order valence-corrected chi connectivity index (χ0v) is 8.75. The Labute approximate surface area is 90.1 Å². The van der Waals surface area contributed by atoms with Crippen molar-refractivity contribution in [1.29, 1.82) is 0 Å². The molecule has 5 heteroatoms. The SMILES string of the molecule is Clc1ccccc1OC(Cl)(Cl)Cl. The van der Waals surface area contributed by atoms with E-state index in [0.29, 0.717) is 10.8 Å². The topological polar surface area (TPSA) is 9.23 Å². The van der Waals surface area contributed by atoms with Crippen molar-refractivity contribution in [1.82, 2.24) is 0 Å². The molecule has 1 rings (SSSR count). The first-order chi connectivity index (χ1) is 5.49. The Morgan fingerprint density at radius 3 is 2.17 bits per heavy atom. The largest absolute Gasteiger partial charge is 0.444 e. The second kappa shape index (κ2) is 3.93. The van der Waals surface area contributed by atoms with E-state index in [0.717, 1.165) is 0 Å². The highest BCUT2D eigenvalue weighted by atomic mass is 35.6. The van der Waals surface area contributed by atoms with Crippen LogP contribution < -0.4 is 4.74 Å². The number of hydrogen-bond donors (Lipinski definition) is 0. The molecule has 0 bridgehead atoms. The molecule has 0 heterocycles. The van der Waals surface area contributed by atoms with Crippen LogP contribution in [0, 0.1) is 0 Å². The molecule has 66 valence electrons. The zero-order chi connectivity index (χ0) is 9.19. The summed E-state index contributed by atoms with van der Waals surface area (Å²) in [6.07, 6.45) is 0. The molecule has 0 N–H and O–H groups in total. The normalized spacial score (nSPS) is 11.3. The lowest BCUT2D eigenvalue weighted by Crippen LogP contribution is -2.12. The van der Waals surface area contributed by atoms with Crippen LogP contribution in [-0.4, -0.2) is 3.98 Å². The van der Waals surface area contributed by atoms with Gasteiger partial charge in [0.2, 0.25) is 0 Å². The number of benzene rings is 1. The minimum absolute atomic E-state index is 0.346. The summed E-state index contributed by atoms with van der Waals surface area (Å²) < 4.78 is 3.12. The van der Waals surface area contributed by atoms with Crippen LogP contribution in [0.15, 0.2) is 24.3 Å². The molecule has 1 aromatic carbocycles. The lowest BCUT2D eigenvalue weighted by atomic mass is 10.3. The molecule has 0 aliphatic carbocycles. The second-order valence-electron chi connectivity index (χ2n) is 1.98. The Hall–Kier alpha value is 0.180. The van der Waals surface area contributed by atoms with Gasteiger partial charge >= 0.3 is 3.98 Å². The maximum atomic E-state index is 5.73. The molecule has 0 saturated carbocycles. The van der Waals surface area contributed by atoms with E-state index >= 15 is 0 Å². The fourth-order valence-corrected chi connectivity index (χ4v) is 1.08. The Kier molecular flexibility index (Phi) is 3.36. The van der Waals surface area contributed by atoms with E-state index < -0.39 is 3.98 Å². The van der Waals surface area contributed by atoms with Crippen molar-refractivity contribution in [2.75, 3.05) is 0 Å². The number of halogens is 4. The third-order valence-electron chi connectivity index (χ3n) is 1.06. The minimum Gasteiger partial charge on any atom is -0.444 e. The summed E-state index contributed by atoms with van der Waals surface area (Å²) in [6, 6.07) is 6.75. The van der Waals surface area contributed by atoms with Crippen LogP contribution in [0.1, 0.15) is 0 Å². The van der Waals surface area contributed by atoms with E-state index in [9.17, 15) is 0 Å². The molecule has 0 aliphatic heterocycles. The molecule has 1 nitrogen and oxygen atoms in total. The molecule has 0 fully saturated rings. The highest BCUT2D eigenvalue weighted by Gasteiger charge is 2.22. The van der Waals surface area contributed by atoms with Crippen LogP contribution in [0.25, 0.3) is 0 Å². The highest BCUT2D eigenvalue weighted by molar-refractivity contribution is 6.66. The molecule has 0 aromatic heterocycles. The monoisotopic (exact) mass is 244 g/mol. The Bertz CT molecular complexity index is 268. The number of hydrogen-bond acceptors (Lipinski definition) is 1. The van der Waals surface area contributed by atoms with Crippen LogP contribution in [0.5, 0.6) is 5.75 Å². The molecule has 1 aromatic rings. The van der Waals surface area contributed by atoms with Gasteiger partial charge in [-0.05, 0) is 46.9 Å². The van der Waals surface area contributed by atoms with Crippen LogP contribution >= 0.6 is 46.4 Å². The molecule has 0 aliphatic rings. The maximum absolute atomic E-state index is 5.73. The molecular weight excluding hydrogens is 242 g/mol. The summed E-state index contributed by atoms with van der Waals surface area (Å²) in [4.78, 5) is 0. The maximum Gasteiger partial charge on any atom is 0.338 e. The first kappa shape index (κ1) is 10.3. The summed E-state index contributed by atoms with van der Waals surface area (Å²) in [7, 11) is 0. The van der Waals surface area contributed by atoms with Crippen LogP contribution in [-0.2, 0) is 0 Å². The Morgan fingerprint density at radius 2 is 1.67 bits per heavy atom. The number of ether oxygens (including phenoxy) is 1. The highest BCUT2D eigenvalue weighted by Crippen LogP contribution is 2.33. The van der Waals surface area contributed by atoms with Gasteiger partial charge in [-0.1, -0.05) is 23.7 Å². The summed E-state index contributed by atoms with van der Waals surface area (Å²) in [6.45, 7) is 0. The minimum atomic E-state index is -1.77.